The predicted molar refractivity (Wildman–Crippen MR) is 116 cm³/mol. The molecule has 5 heteroatoms. The van der Waals surface area contributed by atoms with Gasteiger partial charge in [-0.25, -0.2) is 4.98 Å². The summed E-state index contributed by atoms with van der Waals surface area (Å²) < 4.78 is 5.37. The van der Waals surface area contributed by atoms with E-state index in [0.29, 0.717) is 0 Å². The van der Waals surface area contributed by atoms with Gasteiger partial charge in [0.2, 0.25) is 0 Å². The van der Waals surface area contributed by atoms with Gasteiger partial charge < -0.3 is 14.5 Å². The van der Waals surface area contributed by atoms with Crippen LogP contribution in [0.5, 0.6) is 5.75 Å². The van der Waals surface area contributed by atoms with Crippen molar-refractivity contribution in [2.45, 2.75) is 13.8 Å². The van der Waals surface area contributed by atoms with Crippen molar-refractivity contribution in [2.75, 3.05) is 39.8 Å². The van der Waals surface area contributed by atoms with E-state index < -0.39 is 0 Å². The van der Waals surface area contributed by atoms with Crippen LogP contribution < -0.4 is 4.74 Å². The number of aromatic nitrogens is 1. The molecule has 0 spiro atoms. The maximum absolute atomic E-state index is 13.5. The molecule has 150 valence electrons. The molecule has 0 unspecified atom stereocenters. The molecule has 0 bridgehead atoms. The number of hydrogen-bond donors (Lipinski definition) is 0. The first-order valence-corrected chi connectivity index (χ1v) is 10.2. The van der Waals surface area contributed by atoms with Gasteiger partial charge in [-0.05, 0) is 43.8 Å². The van der Waals surface area contributed by atoms with Gasteiger partial charge in [-0.3, -0.25) is 4.79 Å². The maximum Gasteiger partial charge on any atom is 0.254 e. The van der Waals surface area contributed by atoms with Gasteiger partial charge in [-0.15, -0.1) is 0 Å². The normalized spacial score (nSPS) is 14.9. The minimum absolute atomic E-state index is 0.0860. The smallest absolute Gasteiger partial charge is 0.254 e. The van der Waals surface area contributed by atoms with Gasteiger partial charge in [0.15, 0.2) is 0 Å². The van der Waals surface area contributed by atoms with Crippen LogP contribution in [0.25, 0.3) is 22.2 Å². The van der Waals surface area contributed by atoms with Crippen LogP contribution in [0.3, 0.4) is 0 Å². The first kappa shape index (κ1) is 19.4. The summed E-state index contributed by atoms with van der Waals surface area (Å²) in [7, 11) is 1.65. The molecule has 4 rings (SSSR count). The number of piperazine rings is 1. The molecule has 1 fully saturated rings. The van der Waals surface area contributed by atoms with Crippen LogP contribution in [-0.4, -0.2) is 60.5 Å². The van der Waals surface area contributed by atoms with Crippen LogP contribution in [0.4, 0.5) is 0 Å². The highest BCUT2D eigenvalue weighted by atomic mass is 16.5. The van der Waals surface area contributed by atoms with Crippen LogP contribution in [0, 0.1) is 6.92 Å². The monoisotopic (exact) mass is 389 g/mol. The minimum atomic E-state index is 0.0860. The summed E-state index contributed by atoms with van der Waals surface area (Å²) in [5, 5.41) is 0.916. The fraction of sp³-hybridized carbons (Fsp3) is 0.333. The molecule has 1 saturated heterocycles. The SMILES string of the molecule is CCN1CCN(C(=O)c2cc(-c3cccc(OC)c3)nc3ccc(C)cc23)CC1. The number of rotatable bonds is 4. The van der Waals surface area contributed by atoms with E-state index in [4.69, 9.17) is 9.72 Å². The molecular weight excluding hydrogens is 362 g/mol. The number of amides is 1. The molecule has 1 aliphatic heterocycles. The number of pyridine rings is 1. The van der Waals surface area contributed by atoms with Crippen LogP contribution in [0.2, 0.25) is 0 Å². The number of benzene rings is 2. The summed E-state index contributed by atoms with van der Waals surface area (Å²) in [5.74, 6) is 0.861. The number of aryl methyl sites for hydroxylation is 1. The maximum atomic E-state index is 13.5. The van der Waals surface area contributed by atoms with Gasteiger partial charge in [0.05, 0.1) is 23.9 Å². The molecule has 0 N–H and O–H groups in total. The number of hydrogen-bond acceptors (Lipinski definition) is 4. The van der Waals surface area contributed by atoms with Crippen LogP contribution in [0.1, 0.15) is 22.8 Å². The Kier molecular flexibility index (Phi) is 5.49. The average Bonchev–Trinajstić information content (AvgIpc) is 2.78. The largest absolute Gasteiger partial charge is 0.497 e. The standard InChI is InChI=1S/C24H27N3O2/c1-4-26-10-12-27(13-11-26)24(28)21-16-23(18-6-5-7-19(15-18)29-3)25-22-9-8-17(2)14-20(21)22/h5-9,14-16H,4,10-13H2,1-3H3. The molecule has 3 aromatic rings. The third-order valence-corrected chi connectivity index (χ3v) is 5.67. The van der Waals surface area contributed by atoms with Gasteiger partial charge >= 0.3 is 0 Å². The van der Waals surface area contributed by atoms with Gasteiger partial charge in [-0.1, -0.05) is 30.7 Å². The van der Waals surface area contributed by atoms with Crippen molar-refractivity contribution in [3.05, 3.63) is 59.7 Å². The zero-order valence-electron chi connectivity index (χ0n) is 17.3. The topological polar surface area (TPSA) is 45.7 Å². The quantitative estimate of drug-likeness (QED) is 0.677. The van der Waals surface area contributed by atoms with Crippen molar-refractivity contribution >= 4 is 16.8 Å². The summed E-state index contributed by atoms with van der Waals surface area (Å²) in [6.07, 6.45) is 0. The number of carbonyl (C=O) groups excluding carboxylic acids is 1. The Labute approximate surface area is 171 Å². The summed E-state index contributed by atoms with van der Waals surface area (Å²) in [6.45, 7) is 8.60. The Morgan fingerprint density at radius 2 is 1.86 bits per heavy atom. The fourth-order valence-electron chi connectivity index (χ4n) is 3.88. The molecule has 2 heterocycles. The third-order valence-electron chi connectivity index (χ3n) is 5.67. The predicted octanol–water partition coefficient (Wildman–Crippen LogP) is 4.00. The first-order chi connectivity index (χ1) is 14.1. The minimum Gasteiger partial charge on any atom is -0.497 e. The number of likely N-dealkylation sites (N-methyl/N-ethyl adjacent to an activating group) is 1. The number of nitrogens with zero attached hydrogens (tertiary/aromatic N) is 3. The fourth-order valence-corrected chi connectivity index (χ4v) is 3.88. The van der Waals surface area contributed by atoms with Gasteiger partial charge in [0.25, 0.3) is 5.91 Å². The number of carbonyl (C=O) groups is 1. The Morgan fingerprint density at radius 3 is 2.59 bits per heavy atom. The molecule has 1 aliphatic rings. The Morgan fingerprint density at radius 1 is 1.07 bits per heavy atom. The van der Waals surface area contributed by atoms with Crippen molar-refractivity contribution in [1.82, 2.24) is 14.8 Å². The zero-order chi connectivity index (χ0) is 20.4. The summed E-state index contributed by atoms with van der Waals surface area (Å²) in [5.41, 5.74) is 4.42. The van der Waals surface area contributed by atoms with Gasteiger partial charge in [0.1, 0.15) is 5.75 Å². The average molecular weight is 389 g/mol. The molecule has 0 saturated carbocycles. The second-order valence-corrected chi connectivity index (χ2v) is 7.53. The van der Waals surface area contributed by atoms with E-state index in [1.54, 1.807) is 7.11 Å². The summed E-state index contributed by atoms with van der Waals surface area (Å²) in [6, 6.07) is 15.8. The van der Waals surface area contributed by atoms with Crippen molar-refractivity contribution in [3.63, 3.8) is 0 Å². The molecule has 1 aromatic heterocycles. The molecule has 0 atom stereocenters. The van der Waals surface area contributed by atoms with E-state index in [2.05, 4.69) is 17.9 Å². The lowest BCUT2D eigenvalue weighted by molar-refractivity contribution is 0.0645. The first-order valence-electron chi connectivity index (χ1n) is 10.2. The van der Waals surface area contributed by atoms with Crippen LogP contribution in [-0.2, 0) is 0 Å². The highest BCUT2D eigenvalue weighted by Crippen LogP contribution is 2.28. The van der Waals surface area contributed by atoms with E-state index in [9.17, 15) is 4.79 Å². The second-order valence-electron chi connectivity index (χ2n) is 7.53. The molecule has 1 amide bonds. The van der Waals surface area contributed by atoms with E-state index in [1.165, 1.54) is 0 Å². The number of ether oxygens (including phenoxy) is 1. The molecule has 2 aromatic carbocycles. The lowest BCUT2D eigenvalue weighted by Crippen LogP contribution is -2.48. The molecule has 0 radical (unpaired) electrons. The highest BCUT2D eigenvalue weighted by Gasteiger charge is 2.24. The molecular formula is C24H27N3O2. The van der Waals surface area contributed by atoms with Crippen LogP contribution >= 0.6 is 0 Å². The lowest BCUT2D eigenvalue weighted by Gasteiger charge is -2.34. The molecule has 29 heavy (non-hydrogen) atoms. The third kappa shape index (κ3) is 3.96. The van der Waals surface area contributed by atoms with E-state index in [1.807, 2.05) is 54.3 Å². The van der Waals surface area contributed by atoms with E-state index in [-0.39, 0.29) is 5.91 Å². The number of methoxy groups -OCH3 is 1. The number of fused-ring (bicyclic) bond motifs is 1. The Balaban J connectivity index is 1.78. The van der Waals surface area contributed by atoms with Crippen molar-refractivity contribution in [1.29, 1.82) is 0 Å². The second kappa shape index (κ2) is 8.21. The Bertz CT molecular complexity index is 1040. The van der Waals surface area contributed by atoms with Crippen LogP contribution in [0.15, 0.2) is 48.5 Å². The van der Waals surface area contributed by atoms with E-state index in [0.717, 1.165) is 71.8 Å². The van der Waals surface area contributed by atoms with Crippen molar-refractivity contribution in [3.8, 4) is 17.0 Å². The summed E-state index contributed by atoms with van der Waals surface area (Å²) in [4.78, 5) is 22.7. The lowest BCUT2D eigenvalue weighted by atomic mass is 10.0. The Hall–Kier alpha value is -2.92. The van der Waals surface area contributed by atoms with E-state index >= 15 is 0 Å². The summed E-state index contributed by atoms with van der Waals surface area (Å²) >= 11 is 0. The van der Waals surface area contributed by atoms with Crippen molar-refractivity contribution in [2.24, 2.45) is 0 Å². The zero-order valence-corrected chi connectivity index (χ0v) is 17.3. The molecule has 5 nitrogen and oxygen atoms in total. The highest BCUT2D eigenvalue weighted by molar-refractivity contribution is 6.07. The van der Waals surface area contributed by atoms with Gasteiger partial charge in [-0.2, -0.15) is 0 Å². The molecule has 0 aliphatic carbocycles. The van der Waals surface area contributed by atoms with Gasteiger partial charge in [0, 0.05) is 37.1 Å². The van der Waals surface area contributed by atoms with Crippen molar-refractivity contribution < 1.29 is 9.53 Å².